The van der Waals surface area contributed by atoms with Gasteiger partial charge in [-0.2, -0.15) is 0 Å². The van der Waals surface area contributed by atoms with Crippen LogP contribution in [0.2, 0.25) is 0 Å². The maximum atomic E-state index is 12.0. The number of carbonyl (C=O) groups excluding carboxylic acids is 1. The lowest BCUT2D eigenvalue weighted by Gasteiger charge is -2.23. The summed E-state index contributed by atoms with van der Waals surface area (Å²) in [4.78, 5) is 13.9. The van der Waals surface area contributed by atoms with E-state index in [2.05, 4.69) is 5.32 Å². The van der Waals surface area contributed by atoms with Crippen molar-refractivity contribution in [2.75, 3.05) is 19.6 Å². The van der Waals surface area contributed by atoms with Crippen molar-refractivity contribution < 1.29 is 9.53 Å². The van der Waals surface area contributed by atoms with Gasteiger partial charge < -0.3 is 15.0 Å². The van der Waals surface area contributed by atoms with E-state index in [1.807, 2.05) is 35.2 Å². The van der Waals surface area contributed by atoms with E-state index in [9.17, 15) is 4.79 Å². The van der Waals surface area contributed by atoms with Crippen LogP contribution in [-0.4, -0.2) is 36.2 Å². The van der Waals surface area contributed by atoms with E-state index in [0.29, 0.717) is 6.61 Å². The summed E-state index contributed by atoms with van der Waals surface area (Å²) in [6, 6.07) is 9.81. The first kappa shape index (κ1) is 12.5. The quantitative estimate of drug-likeness (QED) is 0.886. The Morgan fingerprint density at radius 3 is 2.89 bits per heavy atom. The zero-order valence-electron chi connectivity index (χ0n) is 11.1. The number of amides is 1. The second-order valence-corrected chi connectivity index (χ2v) is 5.52. The Kier molecular flexibility index (Phi) is 3.42. The molecule has 2 aliphatic rings. The highest BCUT2D eigenvalue weighted by Crippen LogP contribution is 2.30. The summed E-state index contributed by atoms with van der Waals surface area (Å²) in [5.74, 6) is 0. The average molecular weight is 260 g/mol. The lowest BCUT2D eigenvalue weighted by Crippen LogP contribution is -2.43. The van der Waals surface area contributed by atoms with Gasteiger partial charge in [0.1, 0.15) is 6.61 Å². The number of carbonyl (C=O) groups is 1. The molecule has 3 rings (SSSR count). The normalized spacial score (nSPS) is 26.0. The molecular weight excluding hydrogens is 240 g/mol. The number of nitrogens with zero attached hydrogens (tertiary/aromatic N) is 1. The first-order valence-corrected chi connectivity index (χ1v) is 6.98. The fraction of sp³-hybridized carbons (Fsp3) is 0.533. The summed E-state index contributed by atoms with van der Waals surface area (Å²) in [5, 5.41) is 3.54. The van der Waals surface area contributed by atoms with Crippen LogP contribution in [0.4, 0.5) is 4.79 Å². The monoisotopic (exact) mass is 260 g/mol. The summed E-state index contributed by atoms with van der Waals surface area (Å²) in [6.45, 7) is 3.03. The largest absolute Gasteiger partial charge is 0.445 e. The van der Waals surface area contributed by atoms with E-state index in [4.69, 9.17) is 4.74 Å². The van der Waals surface area contributed by atoms with Gasteiger partial charge in [-0.1, -0.05) is 30.3 Å². The van der Waals surface area contributed by atoms with Gasteiger partial charge >= 0.3 is 6.09 Å². The molecule has 1 spiro atoms. The first-order chi connectivity index (χ1) is 9.27. The molecule has 4 heteroatoms. The summed E-state index contributed by atoms with van der Waals surface area (Å²) in [6.07, 6.45) is 3.25. The summed E-state index contributed by atoms with van der Waals surface area (Å²) >= 11 is 0. The van der Waals surface area contributed by atoms with Gasteiger partial charge in [-0.3, -0.25) is 0 Å². The number of nitrogens with one attached hydrogen (secondary N) is 1. The molecule has 1 N–H and O–H groups in total. The first-order valence-electron chi connectivity index (χ1n) is 6.98. The fourth-order valence-corrected chi connectivity index (χ4v) is 3.06. The van der Waals surface area contributed by atoms with Gasteiger partial charge in [0.25, 0.3) is 0 Å². The molecule has 1 atom stereocenters. The molecular formula is C15H20N2O2. The molecule has 1 aromatic carbocycles. The Balaban J connectivity index is 1.51. The Labute approximate surface area is 113 Å². The van der Waals surface area contributed by atoms with Crippen LogP contribution in [-0.2, 0) is 11.3 Å². The van der Waals surface area contributed by atoms with Crippen LogP contribution >= 0.6 is 0 Å². The van der Waals surface area contributed by atoms with Gasteiger partial charge in [-0.15, -0.1) is 0 Å². The van der Waals surface area contributed by atoms with Crippen molar-refractivity contribution in [3.05, 3.63) is 35.9 Å². The predicted octanol–water partition coefficient (Wildman–Crippen LogP) is 2.15. The van der Waals surface area contributed by atoms with Crippen molar-refractivity contribution in [3.8, 4) is 0 Å². The van der Waals surface area contributed by atoms with E-state index in [-0.39, 0.29) is 11.6 Å². The van der Waals surface area contributed by atoms with Crippen molar-refractivity contribution >= 4 is 6.09 Å². The molecule has 1 aromatic rings. The molecule has 2 fully saturated rings. The molecule has 0 aromatic heterocycles. The molecule has 0 aliphatic carbocycles. The van der Waals surface area contributed by atoms with Crippen molar-refractivity contribution in [2.45, 2.75) is 31.4 Å². The topological polar surface area (TPSA) is 41.6 Å². The number of benzene rings is 1. The average Bonchev–Trinajstić information content (AvgIpc) is 3.08. The Morgan fingerprint density at radius 2 is 2.16 bits per heavy atom. The molecule has 2 saturated heterocycles. The number of hydrogen-bond donors (Lipinski definition) is 1. The SMILES string of the molecule is O=C(OCc1ccccc1)N1CC[C@@]2(CCCN2)C1. The Morgan fingerprint density at radius 1 is 1.32 bits per heavy atom. The minimum absolute atomic E-state index is 0.172. The number of rotatable bonds is 2. The smallest absolute Gasteiger partial charge is 0.410 e. The van der Waals surface area contributed by atoms with Crippen molar-refractivity contribution in [1.29, 1.82) is 0 Å². The molecule has 0 radical (unpaired) electrons. The highest BCUT2D eigenvalue weighted by molar-refractivity contribution is 5.68. The molecule has 0 bridgehead atoms. The minimum Gasteiger partial charge on any atom is -0.445 e. The molecule has 2 aliphatic heterocycles. The van der Waals surface area contributed by atoms with Crippen LogP contribution in [0.25, 0.3) is 0 Å². The van der Waals surface area contributed by atoms with Gasteiger partial charge in [0.2, 0.25) is 0 Å². The second kappa shape index (κ2) is 5.21. The standard InChI is InChI=1S/C15H20N2O2/c18-14(19-11-13-5-2-1-3-6-13)17-10-8-15(12-17)7-4-9-16-15/h1-3,5-6,16H,4,7-12H2/t15-/m0/s1. The zero-order valence-corrected chi connectivity index (χ0v) is 11.1. The Bertz CT molecular complexity index is 441. The van der Waals surface area contributed by atoms with Gasteiger partial charge in [-0.05, 0) is 31.4 Å². The van der Waals surface area contributed by atoms with E-state index < -0.39 is 0 Å². The lowest BCUT2D eigenvalue weighted by molar-refractivity contribution is 0.102. The molecule has 4 nitrogen and oxygen atoms in total. The van der Waals surface area contributed by atoms with Gasteiger partial charge in [0, 0.05) is 18.6 Å². The third-order valence-electron chi connectivity index (χ3n) is 4.15. The lowest BCUT2D eigenvalue weighted by atomic mass is 9.97. The molecule has 0 saturated carbocycles. The third-order valence-corrected chi connectivity index (χ3v) is 4.15. The molecule has 19 heavy (non-hydrogen) atoms. The summed E-state index contributed by atoms with van der Waals surface area (Å²) in [7, 11) is 0. The van der Waals surface area contributed by atoms with Crippen LogP contribution in [0.1, 0.15) is 24.8 Å². The molecule has 0 unspecified atom stereocenters. The van der Waals surface area contributed by atoms with Crippen LogP contribution in [0, 0.1) is 0 Å². The predicted molar refractivity (Wildman–Crippen MR) is 72.8 cm³/mol. The van der Waals surface area contributed by atoms with E-state index in [0.717, 1.165) is 31.6 Å². The van der Waals surface area contributed by atoms with Crippen LogP contribution < -0.4 is 5.32 Å². The fourth-order valence-electron chi connectivity index (χ4n) is 3.06. The van der Waals surface area contributed by atoms with Gasteiger partial charge in [-0.25, -0.2) is 4.79 Å². The zero-order chi connectivity index (χ0) is 13.1. The van der Waals surface area contributed by atoms with Crippen LogP contribution in [0.5, 0.6) is 0 Å². The third kappa shape index (κ3) is 2.73. The number of likely N-dealkylation sites (tertiary alicyclic amines) is 1. The molecule has 2 heterocycles. The Hall–Kier alpha value is -1.55. The highest BCUT2D eigenvalue weighted by atomic mass is 16.6. The molecule has 102 valence electrons. The van der Waals surface area contributed by atoms with Crippen LogP contribution in [0.15, 0.2) is 30.3 Å². The summed E-state index contributed by atoms with van der Waals surface area (Å²) < 4.78 is 5.37. The van der Waals surface area contributed by atoms with Crippen molar-refractivity contribution in [3.63, 3.8) is 0 Å². The number of ether oxygens (including phenoxy) is 1. The van der Waals surface area contributed by atoms with Crippen LogP contribution in [0.3, 0.4) is 0 Å². The van der Waals surface area contributed by atoms with Gasteiger partial charge in [0.15, 0.2) is 0 Å². The van der Waals surface area contributed by atoms with E-state index in [1.54, 1.807) is 0 Å². The van der Waals surface area contributed by atoms with Gasteiger partial charge in [0.05, 0.1) is 0 Å². The number of hydrogen-bond acceptors (Lipinski definition) is 3. The second-order valence-electron chi connectivity index (χ2n) is 5.52. The van der Waals surface area contributed by atoms with Crippen molar-refractivity contribution in [2.24, 2.45) is 0 Å². The minimum atomic E-state index is -0.186. The highest BCUT2D eigenvalue weighted by Gasteiger charge is 2.42. The van der Waals surface area contributed by atoms with E-state index in [1.165, 1.54) is 12.8 Å². The molecule has 1 amide bonds. The maximum absolute atomic E-state index is 12.0. The van der Waals surface area contributed by atoms with E-state index >= 15 is 0 Å². The maximum Gasteiger partial charge on any atom is 0.410 e. The van der Waals surface area contributed by atoms with Crippen molar-refractivity contribution in [1.82, 2.24) is 10.2 Å². The summed E-state index contributed by atoms with van der Waals surface area (Å²) in [5.41, 5.74) is 1.20.